The Morgan fingerprint density at radius 1 is 1.11 bits per heavy atom. The Morgan fingerprint density at radius 3 is 2.52 bits per heavy atom. The predicted octanol–water partition coefficient (Wildman–Crippen LogP) is 2.46. The van der Waals surface area contributed by atoms with E-state index in [1.54, 1.807) is 30.3 Å². The van der Waals surface area contributed by atoms with Gasteiger partial charge in [0, 0.05) is 31.6 Å². The maximum atomic E-state index is 14.9. The van der Waals surface area contributed by atoms with E-state index in [1.165, 1.54) is 18.2 Å². The zero-order valence-electron chi connectivity index (χ0n) is 25.3. The number of piperidine rings is 2. The normalized spacial score (nSPS) is 24.4. The van der Waals surface area contributed by atoms with Crippen LogP contribution in [0.2, 0.25) is 0 Å². The van der Waals surface area contributed by atoms with E-state index in [0.29, 0.717) is 61.0 Å². The van der Waals surface area contributed by atoms with Gasteiger partial charge in [0.15, 0.2) is 12.5 Å². The molecule has 3 N–H and O–H groups in total. The molecule has 12 nitrogen and oxygen atoms in total. The van der Waals surface area contributed by atoms with Gasteiger partial charge in [-0.15, -0.1) is 4.98 Å². The van der Waals surface area contributed by atoms with E-state index < -0.39 is 36.6 Å². The SMILES string of the molecule is C[C@H](O)C(=O)N1CC[C@H](Oc2ccc(-c3nc[nH+]c(Nc4ccc(O[C@H]5CCN(C6COC6)C[C@H]5F)cc4)n3)cc2C#N)[C@H](F)C1. The van der Waals surface area contributed by atoms with Crippen LogP contribution in [-0.2, 0) is 9.53 Å². The second-order valence-corrected chi connectivity index (χ2v) is 11.7. The first-order valence-electron chi connectivity index (χ1n) is 15.3. The van der Waals surface area contributed by atoms with Crippen LogP contribution in [0.1, 0.15) is 25.3 Å². The Balaban J connectivity index is 1.06. The molecule has 6 rings (SSSR count). The van der Waals surface area contributed by atoms with Crippen molar-refractivity contribution in [1.29, 1.82) is 5.26 Å². The lowest BCUT2D eigenvalue weighted by Crippen LogP contribution is -2.56. The smallest absolute Gasteiger partial charge is 0.352 e. The molecule has 0 radical (unpaired) electrons. The number of nitriles is 1. The molecule has 242 valence electrons. The summed E-state index contributed by atoms with van der Waals surface area (Å²) in [7, 11) is 0. The van der Waals surface area contributed by atoms with Crippen LogP contribution in [0.5, 0.6) is 11.5 Å². The van der Waals surface area contributed by atoms with E-state index in [-0.39, 0.29) is 30.8 Å². The van der Waals surface area contributed by atoms with Crippen LogP contribution in [0.4, 0.5) is 20.4 Å². The highest BCUT2D eigenvalue weighted by atomic mass is 19.1. The summed E-state index contributed by atoms with van der Waals surface area (Å²) in [6.45, 7) is 3.86. The van der Waals surface area contributed by atoms with Gasteiger partial charge in [-0.05, 0) is 55.8 Å². The van der Waals surface area contributed by atoms with Gasteiger partial charge in [-0.2, -0.15) is 5.26 Å². The molecule has 3 saturated heterocycles. The molecule has 0 spiro atoms. The minimum absolute atomic E-state index is 0.187. The monoisotopic (exact) mass is 636 g/mol. The maximum absolute atomic E-state index is 14.9. The van der Waals surface area contributed by atoms with Crippen LogP contribution in [0, 0.1) is 11.3 Å². The van der Waals surface area contributed by atoms with E-state index in [4.69, 9.17) is 14.2 Å². The third-order valence-corrected chi connectivity index (χ3v) is 8.45. The number of anilines is 2. The first kappa shape index (κ1) is 31.5. The quantitative estimate of drug-likeness (QED) is 0.359. The lowest BCUT2D eigenvalue weighted by Gasteiger charge is -2.42. The number of alkyl halides is 2. The van der Waals surface area contributed by atoms with Crippen molar-refractivity contribution in [2.24, 2.45) is 0 Å². The summed E-state index contributed by atoms with van der Waals surface area (Å²) in [5, 5.41) is 22.5. The number of likely N-dealkylation sites (tertiary alicyclic amines) is 2. The third-order valence-electron chi connectivity index (χ3n) is 8.45. The van der Waals surface area contributed by atoms with Crippen LogP contribution in [-0.4, -0.2) is 107 Å². The Hall–Kier alpha value is -4.45. The molecule has 3 aromatic rings. The molecule has 5 atom stereocenters. The van der Waals surface area contributed by atoms with E-state index in [9.17, 15) is 23.9 Å². The second-order valence-electron chi connectivity index (χ2n) is 11.7. The van der Waals surface area contributed by atoms with Crippen LogP contribution < -0.4 is 19.8 Å². The molecule has 14 heteroatoms. The van der Waals surface area contributed by atoms with Crippen LogP contribution in [0.3, 0.4) is 0 Å². The topological polar surface area (TPSA) is 147 Å². The molecule has 46 heavy (non-hydrogen) atoms. The summed E-state index contributed by atoms with van der Waals surface area (Å²) in [4.78, 5) is 27.2. The largest absolute Gasteiger partial charge is 0.487 e. The van der Waals surface area contributed by atoms with Gasteiger partial charge in [-0.3, -0.25) is 15.0 Å². The molecule has 0 bridgehead atoms. The van der Waals surface area contributed by atoms with E-state index in [2.05, 4.69) is 31.2 Å². The highest BCUT2D eigenvalue weighted by molar-refractivity contribution is 5.80. The molecular formula is C32H36F2N7O5+. The lowest BCUT2D eigenvalue weighted by atomic mass is 10.0. The third kappa shape index (κ3) is 7.17. The number of H-pyrrole nitrogens is 1. The number of aliphatic hydroxyl groups is 1. The number of hydrogen-bond donors (Lipinski definition) is 2. The zero-order chi connectivity index (χ0) is 32.2. The summed E-state index contributed by atoms with van der Waals surface area (Å²) in [6, 6.07) is 14.4. The van der Waals surface area contributed by atoms with Crippen molar-refractivity contribution in [3.05, 3.63) is 54.4 Å². The minimum Gasteiger partial charge on any atom is -0.487 e. The fraction of sp³-hybridized carbons (Fsp3) is 0.469. The number of carbonyl (C=O) groups excluding carboxylic acids is 1. The van der Waals surface area contributed by atoms with Gasteiger partial charge in [0.05, 0.1) is 37.1 Å². The van der Waals surface area contributed by atoms with Gasteiger partial charge in [-0.1, -0.05) is 4.98 Å². The lowest BCUT2D eigenvalue weighted by molar-refractivity contribution is -0.369. The number of aliphatic hydroxyl groups excluding tert-OH is 1. The van der Waals surface area contributed by atoms with Crippen molar-refractivity contribution >= 4 is 17.5 Å². The second kappa shape index (κ2) is 13.9. The van der Waals surface area contributed by atoms with Gasteiger partial charge in [0.25, 0.3) is 11.7 Å². The maximum Gasteiger partial charge on any atom is 0.352 e. The fourth-order valence-electron chi connectivity index (χ4n) is 5.76. The van der Waals surface area contributed by atoms with Crippen molar-refractivity contribution in [3.8, 4) is 29.0 Å². The highest BCUT2D eigenvalue weighted by Gasteiger charge is 2.37. The molecule has 0 unspecified atom stereocenters. The van der Waals surface area contributed by atoms with E-state index >= 15 is 0 Å². The molecule has 3 aliphatic rings. The Bertz CT molecular complexity index is 1570. The van der Waals surface area contributed by atoms with E-state index in [0.717, 1.165) is 6.54 Å². The standard InChI is InChI=1S/C32H35F2N7O5/c1-19(42)31(43)41-11-9-29(26(34)15-41)46-27-7-2-20(12-21(27)13-35)30-36-18-37-32(39-30)38-22-3-5-24(6-4-22)45-28-8-10-40(14-25(28)33)23-16-44-17-23/h2-7,12,18-19,23,25-26,28-29,42H,8-11,14-17H2,1H3,(H,36,37,38,39)/p+1/t19-,25+,26+,28-,29-/m0/s1. The first-order valence-corrected chi connectivity index (χ1v) is 15.3. The van der Waals surface area contributed by atoms with Gasteiger partial charge in [0.2, 0.25) is 0 Å². The summed E-state index contributed by atoms with van der Waals surface area (Å²) in [5.41, 5.74) is 1.45. The number of nitrogens with one attached hydrogen (secondary N) is 2. The summed E-state index contributed by atoms with van der Waals surface area (Å²) in [6.07, 6.45) is -2.79. The number of benzene rings is 2. The number of ether oxygens (including phenoxy) is 3. The first-order chi connectivity index (χ1) is 22.3. The van der Waals surface area contributed by atoms with Gasteiger partial charge in [-0.25, -0.2) is 13.8 Å². The number of halogens is 2. The number of carbonyl (C=O) groups is 1. The Morgan fingerprint density at radius 2 is 1.85 bits per heavy atom. The van der Waals surface area contributed by atoms with Gasteiger partial charge < -0.3 is 24.2 Å². The van der Waals surface area contributed by atoms with Crippen molar-refractivity contribution in [2.75, 3.05) is 44.7 Å². The molecule has 0 saturated carbocycles. The predicted molar refractivity (Wildman–Crippen MR) is 161 cm³/mol. The van der Waals surface area contributed by atoms with Crippen LogP contribution in [0.25, 0.3) is 11.4 Å². The molecule has 4 heterocycles. The minimum atomic E-state index is -1.48. The number of nitrogens with zero attached hydrogens (tertiary/aromatic N) is 5. The number of aromatic nitrogens is 3. The van der Waals surface area contributed by atoms with Crippen molar-refractivity contribution in [2.45, 2.75) is 56.5 Å². The van der Waals surface area contributed by atoms with Crippen LogP contribution >= 0.6 is 0 Å². The highest BCUT2D eigenvalue weighted by Crippen LogP contribution is 2.29. The summed E-state index contributed by atoms with van der Waals surface area (Å²) >= 11 is 0. The van der Waals surface area contributed by atoms with Gasteiger partial charge in [0.1, 0.15) is 42.1 Å². The van der Waals surface area contributed by atoms with E-state index in [1.807, 2.05) is 12.1 Å². The van der Waals surface area contributed by atoms with Crippen LogP contribution in [0.15, 0.2) is 48.8 Å². The average molecular weight is 637 g/mol. The number of amides is 1. The fourth-order valence-corrected chi connectivity index (χ4v) is 5.76. The zero-order valence-corrected chi connectivity index (χ0v) is 25.3. The average Bonchev–Trinajstić information content (AvgIpc) is 3.03. The molecule has 3 fully saturated rings. The molecule has 3 aliphatic heterocycles. The molecule has 2 aromatic carbocycles. The number of rotatable bonds is 9. The molecular weight excluding hydrogens is 600 g/mol. The number of aromatic amines is 1. The van der Waals surface area contributed by atoms with Gasteiger partial charge >= 0.3 is 5.95 Å². The summed E-state index contributed by atoms with van der Waals surface area (Å²) in [5.74, 6) is 1.00. The van der Waals surface area contributed by atoms with Crippen molar-refractivity contribution < 1.29 is 37.9 Å². The molecule has 0 aliphatic carbocycles. The molecule has 1 amide bonds. The van der Waals surface area contributed by atoms with Crippen molar-refractivity contribution in [3.63, 3.8) is 0 Å². The summed E-state index contributed by atoms with van der Waals surface area (Å²) < 4.78 is 46.7. The Kier molecular flexibility index (Phi) is 9.53. The number of hydrogen-bond acceptors (Lipinski definition) is 10. The molecule has 1 aromatic heterocycles. The Labute approximate surface area is 264 Å². The van der Waals surface area contributed by atoms with Crippen molar-refractivity contribution in [1.82, 2.24) is 19.8 Å².